The van der Waals surface area contributed by atoms with E-state index in [0.717, 1.165) is 87.9 Å². The predicted octanol–water partition coefficient (Wildman–Crippen LogP) is 14.0. The summed E-state index contributed by atoms with van der Waals surface area (Å²) >= 11 is -0.833. The third kappa shape index (κ3) is 6.90. The van der Waals surface area contributed by atoms with Crippen LogP contribution in [0.3, 0.4) is 0 Å². The SMILES string of the molecule is C=C/C(=C\C=C/C)n1c2ccccc2c2cc3c(cc21)c1cc2c(cc1n3-c1ccc(S(=O)(=O)C3=CI=C(C#N)C=C3)cc1)c1ccccc1n2-c1nc(-c2ccccc2)nc(-c2ccccc2)n1. The van der Waals surface area contributed by atoms with Crippen molar-refractivity contribution in [2.75, 3.05) is 0 Å². The van der Waals surface area contributed by atoms with Crippen molar-refractivity contribution in [1.29, 1.82) is 5.26 Å². The molecule has 4 aromatic heterocycles. The molecule has 330 valence electrons. The van der Waals surface area contributed by atoms with E-state index in [1.807, 2.05) is 104 Å². The average molecular weight is 1020 g/mol. The van der Waals surface area contributed by atoms with E-state index in [1.54, 1.807) is 22.3 Å². The van der Waals surface area contributed by atoms with E-state index in [1.165, 1.54) is 6.08 Å². The largest absolute Gasteiger partial charge is 0.309 e. The number of sulfone groups is 1. The number of allylic oxidation sites excluding steroid dienone is 7. The highest BCUT2D eigenvalue weighted by Crippen LogP contribution is 2.43. The number of nitrogens with zero attached hydrogens (tertiary/aromatic N) is 7. The van der Waals surface area contributed by atoms with Crippen molar-refractivity contribution in [3.63, 3.8) is 0 Å². The molecule has 0 unspecified atom stereocenters. The van der Waals surface area contributed by atoms with Gasteiger partial charge in [0.15, 0.2) is 11.6 Å². The Labute approximate surface area is 406 Å². The molecule has 11 aromatic rings. The third-order valence-electron chi connectivity index (χ3n) is 12.7. The third-order valence-corrected chi connectivity index (χ3v) is 17.1. The molecule has 0 amide bonds. The van der Waals surface area contributed by atoms with Crippen LogP contribution in [0.1, 0.15) is 6.92 Å². The second-order valence-corrected chi connectivity index (χ2v) is 20.9. The molecule has 69 heavy (non-hydrogen) atoms. The van der Waals surface area contributed by atoms with Crippen molar-refractivity contribution in [3.05, 3.63) is 210 Å². The van der Waals surface area contributed by atoms with Gasteiger partial charge in [0.05, 0.1) is 46.4 Å². The van der Waals surface area contributed by atoms with Crippen molar-refractivity contribution < 1.29 is 8.42 Å². The zero-order valence-corrected chi connectivity index (χ0v) is 40.0. The summed E-state index contributed by atoms with van der Waals surface area (Å²) in [6, 6.07) is 55.1. The number of hydrogen-bond donors (Lipinski definition) is 0. The van der Waals surface area contributed by atoms with Crippen LogP contribution in [-0.4, -0.2) is 40.6 Å². The van der Waals surface area contributed by atoms with Crippen LogP contribution >= 0.6 is 20.7 Å². The Balaban J connectivity index is 1.17. The second-order valence-electron chi connectivity index (χ2n) is 16.6. The number of rotatable bonds is 9. The maximum atomic E-state index is 14.0. The summed E-state index contributed by atoms with van der Waals surface area (Å²) in [5.74, 6) is 1.62. The number of nitriles is 1. The normalized spacial score (nSPS) is 13.4. The van der Waals surface area contributed by atoms with Crippen molar-refractivity contribution in [2.45, 2.75) is 11.8 Å². The summed E-state index contributed by atoms with van der Waals surface area (Å²) in [6.45, 7) is 6.24. The molecule has 7 aromatic carbocycles. The first-order valence-electron chi connectivity index (χ1n) is 22.3. The Morgan fingerprint density at radius 2 is 1.14 bits per heavy atom. The van der Waals surface area contributed by atoms with Gasteiger partial charge in [0, 0.05) is 54.8 Å². The number of hydrogen-bond acceptors (Lipinski definition) is 6. The highest BCUT2D eigenvalue weighted by atomic mass is 127. The van der Waals surface area contributed by atoms with Crippen LogP contribution in [0.15, 0.2) is 215 Å². The van der Waals surface area contributed by atoms with Crippen molar-refractivity contribution >= 4 is 105 Å². The summed E-state index contributed by atoms with van der Waals surface area (Å²) < 4.78 is 37.0. The van der Waals surface area contributed by atoms with Crippen molar-refractivity contribution in [3.8, 4) is 40.5 Å². The lowest BCUT2D eigenvalue weighted by Gasteiger charge is -2.12. The van der Waals surface area contributed by atoms with Gasteiger partial charge in [0.1, 0.15) is 6.07 Å². The van der Waals surface area contributed by atoms with Gasteiger partial charge < -0.3 is 9.13 Å². The van der Waals surface area contributed by atoms with Gasteiger partial charge in [-0.25, -0.2) is 13.4 Å². The fourth-order valence-corrected chi connectivity index (χ4v) is 13.3. The molecule has 0 atom stereocenters. The second kappa shape index (κ2) is 16.8. The smallest absolute Gasteiger partial charge is 0.238 e. The molecule has 0 bridgehead atoms. The number of aromatic nitrogens is 6. The molecule has 11 heteroatoms. The minimum Gasteiger partial charge on any atom is -0.309 e. The Hall–Kier alpha value is -8.31. The molecule has 0 aliphatic carbocycles. The number of fused-ring (bicyclic) bond motifs is 9. The molecule has 1 aliphatic heterocycles. The highest BCUT2D eigenvalue weighted by Gasteiger charge is 2.25. The first kappa shape index (κ1) is 42.1. The first-order valence-corrected chi connectivity index (χ1v) is 26.1. The summed E-state index contributed by atoms with van der Waals surface area (Å²) in [5.41, 5.74) is 9.33. The van der Waals surface area contributed by atoms with Crippen LogP contribution in [0.25, 0.3) is 106 Å². The number of para-hydroxylation sites is 2. The molecule has 5 heterocycles. The predicted molar refractivity (Wildman–Crippen MR) is 291 cm³/mol. The van der Waals surface area contributed by atoms with Gasteiger partial charge >= 0.3 is 0 Å². The van der Waals surface area contributed by atoms with E-state index in [0.29, 0.717) is 21.1 Å². The lowest BCUT2D eigenvalue weighted by molar-refractivity contribution is 0.603. The van der Waals surface area contributed by atoms with Crippen molar-refractivity contribution in [2.24, 2.45) is 0 Å². The Morgan fingerprint density at radius 1 is 0.609 bits per heavy atom. The molecule has 0 spiro atoms. The highest BCUT2D eigenvalue weighted by molar-refractivity contribution is 14.2. The summed E-state index contributed by atoms with van der Waals surface area (Å²) in [6.07, 6.45) is 11.2. The monoisotopic (exact) mass is 1020 g/mol. The maximum Gasteiger partial charge on any atom is 0.238 e. The Morgan fingerprint density at radius 3 is 1.72 bits per heavy atom. The standard InChI is InChI=1S/C58H38IN7O2S/c1-3-5-20-40(4-2)64-50-23-14-12-21-44(50)46-31-53-48(33-52(46)64)49-34-55-47(32-54(49)65(53)41-26-29-42(30-27-41)69(67,68)43-28-25-39(36-60)59-35-43)45-22-13-15-24-51(45)66(55)58-62-56(37-16-8-6-9-17-37)61-57(63-58)38-18-10-7-11-19-38/h3-35H,2H2,1H3/b5-3-,40-20+. The molecule has 1 aliphatic rings. The molecule has 9 nitrogen and oxygen atoms in total. The van der Waals surface area contributed by atoms with Gasteiger partial charge in [-0.3, -0.25) is 4.57 Å². The summed E-state index contributed by atoms with van der Waals surface area (Å²) in [7, 11) is -3.82. The van der Waals surface area contributed by atoms with Crippen molar-refractivity contribution in [1.82, 2.24) is 28.7 Å². The van der Waals surface area contributed by atoms with Crippen LogP contribution in [0.2, 0.25) is 0 Å². The van der Waals surface area contributed by atoms with E-state index >= 15 is 0 Å². The summed E-state index contributed by atoms with van der Waals surface area (Å²) in [4.78, 5) is 15.8. The number of halogens is 1. The van der Waals surface area contributed by atoms with Crippen LogP contribution < -0.4 is 0 Å². The topological polar surface area (TPSA) is 111 Å². The van der Waals surface area contributed by atoms with E-state index in [-0.39, 0.29) is 9.80 Å². The molecule has 0 radical (unpaired) electrons. The molecular weight excluding hydrogens is 986 g/mol. The van der Waals surface area contributed by atoms with Gasteiger partial charge in [-0.05, 0) is 96.0 Å². The van der Waals surface area contributed by atoms with Crippen LogP contribution in [-0.2, 0) is 9.84 Å². The number of benzene rings is 7. The molecule has 0 saturated heterocycles. The van der Waals surface area contributed by atoms with E-state index in [9.17, 15) is 13.7 Å². The quantitative estimate of drug-likeness (QED) is 0.105. The van der Waals surface area contributed by atoms with Gasteiger partial charge in [-0.15, -0.1) is 0 Å². The van der Waals surface area contributed by atoms with Gasteiger partial charge in [-0.1, -0.05) is 137 Å². The molecular formula is C58H38IN7O2S. The minimum atomic E-state index is -3.82. The lowest BCUT2D eigenvalue weighted by Crippen LogP contribution is -2.06. The molecule has 0 fully saturated rings. The maximum absolute atomic E-state index is 14.0. The van der Waals surface area contributed by atoms with Crippen LogP contribution in [0.4, 0.5) is 0 Å². The van der Waals surface area contributed by atoms with Gasteiger partial charge in [0.25, 0.3) is 0 Å². The minimum absolute atomic E-state index is 0.190. The Bertz CT molecular complexity index is 4220. The zero-order valence-electron chi connectivity index (χ0n) is 37.0. The fourth-order valence-electron chi connectivity index (χ4n) is 9.50. The Kier molecular flexibility index (Phi) is 10.2. The van der Waals surface area contributed by atoms with Gasteiger partial charge in [-0.2, -0.15) is 15.2 Å². The van der Waals surface area contributed by atoms with Gasteiger partial charge in [0.2, 0.25) is 15.8 Å². The average Bonchev–Trinajstić information content (AvgIpc) is 4.02. The van der Waals surface area contributed by atoms with E-state index in [4.69, 9.17) is 15.0 Å². The fraction of sp³-hybridized carbons (Fsp3) is 0.0172. The van der Waals surface area contributed by atoms with E-state index in [2.05, 4.69) is 99.2 Å². The van der Waals surface area contributed by atoms with Crippen LogP contribution in [0, 0.1) is 11.3 Å². The molecule has 12 rings (SSSR count). The summed E-state index contributed by atoms with van der Waals surface area (Å²) in [5, 5.41) is 15.6. The zero-order chi connectivity index (χ0) is 46.8. The first-order chi connectivity index (χ1) is 33.8. The van der Waals surface area contributed by atoms with E-state index < -0.39 is 30.6 Å². The lowest BCUT2D eigenvalue weighted by atomic mass is 10.1. The molecule has 0 saturated carbocycles. The molecule has 0 N–H and O–H groups in total. The van der Waals surface area contributed by atoms with Crippen LogP contribution in [0.5, 0.6) is 0 Å².